The Kier molecular flexibility index (Phi) is 3.13. The van der Waals surface area contributed by atoms with Crippen LogP contribution in [-0.2, 0) is 0 Å². The van der Waals surface area contributed by atoms with Crippen LogP contribution in [0.1, 0.15) is 37.3 Å². The third-order valence-electron chi connectivity index (χ3n) is 3.67. The van der Waals surface area contributed by atoms with Crippen LogP contribution in [0.25, 0.3) is 10.9 Å². The molecule has 1 heterocycles. The second kappa shape index (κ2) is 4.64. The van der Waals surface area contributed by atoms with Gasteiger partial charge in [-0.05, 0) is 53.5 Å². The van der Waals surface area contributed by atoms with E-state index in [0.717, 1.165) is 27.6 Å². The van der Waals surface area contributed by atoms with Crippen LogP contribution in [0.3, 0.4) is 0 Å². The molecule has 1 aromatic heterocycles. The van der Waals surface area contributed by atoms with Crippen LogP contribution < -0.4 is 5.43 Å². The molecule has 0 spiro atoms. The van der Waals surface area contributed by atoms with Crippen LogP contribution in [0.2, 0.25) is 0 Å². The molecule has 1 fully saturated rings. The van der Waals surface area contributed by atoms with E-state index < -0.39 is 0 Å². The van der Waals surface area contributed by atoms with E-state index in [0.29, 0.717) is 11.3 Å². The molecule has 18 heavy (non-hydrogen) atoms. The average molecular weight is 357 g/mol. The lowest BCUT2D eigenvalue weighted by molar-refractivity contribution is 0.628. The SMILES string of the molecule is O=c1cc(C2CCCC2)[nH]c2c(I)cc(F)cc12. The largest absolute Gasteiger partial charge is 0.357 e. The molecule has 2 nitrogen and oxygen atoms in total. The number of rotatable bonds is 1. The monoisotopic (exact) mass is 357 g/mol. The summed E-state index contributed by atoms with van der Waals surface area (Å²) in [6, 6.07) is 4.42. The Bertz CT molecular complexity index is 659. The topological polar surface area (TPSA) is 32.9 Å². The van der Waals surface area contributed by atoms with Crippen molar-refractivity contribution in [2.45, 2.75) is 31.6 Å². The summed E-state index contributed by atoms with van der Waals surface area (Å²) in [6.07, 6.45) is 4.73. The van der Waals surface area contributed by atoms with Crippen LogP contribution in [0.4, 0.5) is 4.39 Å². The zero-order valence-electron chi connectivity index (χ0n) is 9.80. The van der Waals surface area contributed by atoms with Gasteiger partial charge in [0.1, 0.15) is 5.82 Å². The van der Waals surface area contributed by atoms with Gasteiger partial charge in [0.25, 0.3) is 0 Å². The molecule has 0 amide bonds. The van der Waals surface area contributed by atoms with Crippen molar-refractivity contribution in [2.24, 2.45) is 0 Å². The van der Waals surface area contributed by atoms with Crippen molar-refractivity contribution in [3.63, 3.8) is 0 Å². The molecule has 4 heteroatoms. The van der Waals surface area contributed by atoms with Crippen LogP contribution in [0.5, 0.6) is 0 Å². The Balaban J connectivity index is 2.23. The van der Waals surface area contributed by atoms with Gasteiger partial charge in [0.15, 0.2) is 5.43 Å². The molecule has 1 N–H and O–H groups in total. The fourth-order valence-corrected chi connectivity index (χ4v) is 3.47. The fourth-order valence-electron chi connectivity index (χ4n) is 2.75. The van der Waals surface area contributed by atoms with E-state index in [1.54, 1.807) is 6.07 Å². The number of pyridine rings is 1. The maximum Gasteiger partial charge on any atom is 0.189 e. The molecular weight excluding hydrogens is 344 g/mol. The summed E-state index contributed by atoms with van der Waals surface area (Å²) in [5.41, 5.74) is 1.70. The highest BCUT2D eigenvalue weighted by molar-refractivity contribution is 14.1. The van der Waals surface area contributed by atoms with Gasteiger partial charge >= 0.3 is 0 Å². The molecule has 0 aliphatic heterocycles. The van der Waals surface area contributed by atoms with Crippen molar-refractivity contribution in [1.29, 1.82) is 0 Å². The summed E-state index contributed by atoms with van der Waals surface area (Å²) in [4.78, 5) is 15.4. The Morgan fingerprint density at radius 2 is 1.94 bits per heavy atom. The number of halogens is 2. The summed E-state index contributed by atoms with van der Waals surface area (Å²) in [5, 5.41) is 0.446. The van der Waals surface area contributed by atoms with Crippen molar-refractivity contribution in [1.82, 2.24) is 4.98 Å². The highest BCUT2D eigenvalue weighted by atomic mass is 127. The second-order valence-corrected chi connectivity index (χ2v) is 6.04. The van der Waals surface area contributed by atoms with Gasteiger partial charge in [0.05, 0.1) is 5.52 Å². The minimum atomic E-state index is -0.356. The Labute approximate surface area is 118 Å². The van der Waals surface area contributed by atoms with Crippen molar-refractivity contribution in [2.75, 3.05) is 0 Å². The lowest BCUT2D eigenvalue weighted by Gasteiger charge is -2.11. The van der Waals surface area contributed by atoms with Gasteiger partial charge in [0, 0.05) is 20.7 Å². The van der Waals surface area contributed by atoms with Gasteiger partial charge in [-0.25, -0.2) is 4.39 Å². The lowest BCUT2D eigenvalue weighted by Crippen LogP contribution is -2.08. The van der Waals surface area contributed by atoms with E-state index in [-0.39, 0.29) is 11.2 Å². The summed E-state index contributed by atoms with van der Waals surface area (Å²) in [7, 11) is 0. The standard InChI is InChI=1S/C14H13FINO/c15-9-5-10-13(18)7-12(8-3-1-2-4-8)17-14(10)11(16)6-9/h5-8H,1-4H2,(H,17,18). The first-order valence-electron chi connectivity index (χ1n) is 6.17. The average Bonchev–Trinajstić information content (AvgIpc) is 2.83. The number of benzene rings is 1. The maximum absolute atomic E-state index is 13.3. The molecule has 0 saturated heterocycles. The van der Waals surface area contributed by atoms with Crippen molar-refractivity contribution < 1.29 is 4.39 Å². The minimum Gasteiger partial charge on any atom is -0.357 e. The summed E-state index contributed by atoms with van der Waals surface area (Å²) < 4.78 is 14.1. The molecule has 1 aliphatic carbocycles. The molecule has 1 aliphatic rings. The third kappa shape index (κ3) is 2.06. The van der Waals surface area contributed by atoms with Gasteiger partial charge in [-0.3, -0.25) is 4.79 Å². The first kappa shape index (κ1) is 12.1. The van der Waals surface area contributed by atoms with Gasteiger partial charge in [-0.1, -0.05) is 12.8 Å². The molecule has 0 atom stereocenters. The highest BCUT2D eigenvalue weighted by Gasteiger charge is 2.19. The van der Waals surface area contributed by atoms with Gasteiger partial charge in [-0.15, -0.1) is 0 Å². The molecule has 0 bridgehead atoms. The summed E-state index contributed by atoms with van der Waals surface area (Å²) in [5.74, 6) is 0.106. The number of aromatic amines is 1. The minimum absolute atomic E-state index is 0.0805. The predicted octanol–water partition coefficient (Wildman–Crippen LogP) is 3.93. The zero-order valence-corrected chi connectivity index (χ0v) is 12.0. The molecule has 3 rings (SSSR count). The van der Waals surface area contributed by atoms with Crippen molar-refractivity contribution >= 4 is 33.5 Å². The van der Waals surface area contributed by atoms with E-state index in [9.17, 15) is 9.18 Å². The summed E-state index contributed by atoms with van der Waals surface area (Å²) >= 11 is 2.07. The van der Waals surface area contributed by atoms with Crippen LogP contribution >= 0.6 is 22.6 Å². The molecule has 0 unspecified atom stereocenters. The Morgan fingerprint density at radius 1 is 1.22 bits per heavy atom. The number of hydrogen-bond donors (Lipinski definition) is 1. The number of H-pyrrole nitrogens is 1. The zero-order chi connectivity index (χ0) is 12.7. The predicted molar refractivity (Wildman–Crippen MR) is 78.5 cm³/mol. The molecule has 0 radical (unpaired) electrons. The lowest BCUT2D eigenvalue weighted by atomic mass is 10.0. The number of hydrogen-bond acceptors (Lipinski definition) is 1. The van der Waals surface area contributed by atoms with Crippen molar-refractivity contribution in [3.05, 3.63) is 43.5 Å². The second-order valence-electron chi connectivity index (χ2n) is 4.88. The first-order valence-corrected chi connectivity index (χ1v) is 7.25. The molecule has 2 aromatic rings. The maximum atomic E-state index is 13.3. The summed E-state index contributed by atoms with van der Waals surface area (Å²) in [6.45, 7) is 0. The molecular formula is C14H13FINO. The van der Waals surface area contributed by atoms with Crippen molar-refractivity contribution in [3.8, 4) is 0 Å². The van der Waals surface area contributed by atoms with E-state index in [2.05, 4.69) is 27.6 Å². The highest BCUT2D eigenvalue weighted by Crippen LogP contribution is 2.33. The molecule has 94 valence electrons. The molecule has 1 saturated carbocycles. The normalized spacial score (nSPS) is 16.6. The number of nitrogens with one attached hydrogen (secondary N) is 1. The van der Waals surface area contributed by atoms with E-state index in [1.165, 1.54) is 25.0 Å². The first-order chi connectivity index (χ1) is 8.65. The fraction of sp³-hybridized carbons (Fsp3) is 0.357. The van der Waals surface area contributed by atoms with Crippen LogP contribution in [0.15, 0.2) is 23.0 Å². The van der Waals surface area contributed by atoms with Gasteiger partial charge in [0.2, 0.25) is 0 Å². The Hall–Kier alpha value is -0.910. The quantitative estimate of drug-likeness (QED) is 0.771. The third-order valence-corrected chi connectivity index (χ3v) is 4.52. The van der Waals surface area contributed by atoms with E-state index in [1.807, 2.05) is 0 Å². The van der Waals surface area contributed by atoms with E-state index in [4.69, 9.17) is 0 Å². The molecule has 1 aromatic carbocycles. The van der Waals surface area contributed by atoms with Gasteiger partial charge in [-0.2, -0.15) is 0 Å². The van der Waals surface area contributed by atoms with Gasteiger partial charge < -0.3 is 4.98 Å². The van der Waals surface area contributed by atoms with Crippen LogP contribution in [-0.4, -0.2) is 4.98 Å². The van der Waals surface area contributed by atoms with E-state index >= 15 is 0 Å². The van der Waals surface area contributed by atoms with Crippen LogP contribution in [0, 0.1) is 9.39 Å². The smallest absolute Gasteiger partial charge is 0.189 e. The number of fused-ring (bicyclic) bond motifs is 1. The number of aromatic nitrogens is 1. The Morgan fingerprint density at radius 3 is 2.67 bits per heavy atom.